The number of nitrogens with one attached hydrogen (secondary N) is 1. The van der Waals surface area contributed by atoms with Gasteiger partial charge in [-0.1, -0.05) is 0 Å². The van der Waals surface area contributed by atoms with Crippen molar-refractivity contribution < 1.29 is 36.5 Å². The Morgan fingerprint density at radius 1 is 1.21 bits per heavy atom. The van der Waals surface area contributed by atoms with E-state index in [1.165, 1.54) is 18.3 Å². The number of halogens is 4. The number of amides is 2. The van der Waals surface area contributed by atoms with Crippen LogP contribution in [0.3, 0.4) is 0 Å². The van der Waals surface area contributed by atoms with E-state index in [0.717, 1.165) is 31.2 Å². The Hall–Kier alpha value is -4.27. The molecule has 1 unspecified atom stereocenters. The van der Waals surface area contributed by atoms with Crippen LogP contribution in [0.4, 0.5) is 23.4 Å². The number of allylic oxidation sites excluding steroid dienone is 1. The summed E-state index contributed by atoms with van der Waals surface area (Å²) in [6.07, 6.45) is 2.53. The smallest absolute Gasteiger partial charge is 0.379 e. The average molecular weight is 599 g/mol. The molecule has 3 N–H and O–H groups in total. The maximum Gasteiger partial charge on any atom is 0.416 e. The third-order valence-corrected chi connectivity index (χ3v) is 8.08. The number of ether oxygens (including phenoxy) is 1. The summed E-state index contributed by atoms with van der Waals surface area (Å²) in [7, 11) is 0. The highest BCUT2D eigenvalue weighted by Crippen LogP contribution is 2.39. The van der Waals surface area contributed by atoms with Crippen molar-refractivity contribution in [2.75, 3.05) is 31.6 Å². The number of quaternary nitrogens is 1. The van der Waals surface area contributed by atoms with Gasteiger partial charge in [-0.05, 0) is 50.1 Å². The third-order valence-electron chi connectivity index (χ3n) is 8.08. The number of carbonyl (C=O) groups excluding carboxylic acids is 2. The molecule has 2 atom stereocenters. The second-order valence-corrected chi connectivity index (χ2v) is 11.3. The quantitative estimate of drug-likeness (QED) is 0.306. The number of fused-ring (bicyclic) bond motifs is 1. The van der Waals surface area contributed by atoms with Gasteiger partial charge in [0.2, 0.25) is 11.6 Å². The zero-order valence-corrected chi connectivity index (χ0v) is 23.1. The highest BCUT2D eigenvalue weighted by atomic mass is 19.4. The van der Waals surface area contributed by atoms with Crippen molar-refractivity contribution in [3.8, 4) is 0 Å². The minimum Gasteiger partial charge on any atom is -0.379 e. The van der Waals surface area contributed by atoms with Crippen LogP contribution in [0.5, 0.6) is 0 Å². The first kappa shape index (κ1) is 28.8. The monoisotopic (exact) mass is 598 g/mol. The molecule has 6 rings (SSSR count). The van der Waals surface area contributed by atoms with Crippen LogP contribution in [-0.2, 0) is 15.7 Å². The van der Waals surface area contributed by atoms with E-state index in [9.17, 15) is 22.8 Å². The van der Waals surface area contributed by atoms with E-state index in [4.69, 9.17) is 15.6 Å². The molecule has 10 nitrogen and oxygen atoms in total. The summed E-state index contributed by atoms with van der Waals surface area (Å²) in [6, 6.07) is 5.22. The van der Waals surface area contributed by atoms with Gasteiger partial charge in [0.15, 0.2) is 0 Å². The normalized spacial score (nSPS) is 24.4. The zero-order valence-electron chi connectivity index (χ0n) is 23.1. The minimum atomic E-state index is -4.63. The molecule has 0 bridgehead atoms. The summed E-state index contributed by atoms with van der Waals surface area (Å²) < 4.78 is 59.4. The summed E-state index contributed by atoms with van der Waals surface area (Å²) >= 11 is 0. The Bertz CT molecular complexity index is 1630. The molecule has 43 heavy (non-hydrogen) atoms. The molecule has 1 aromatic heterocycles. The van der Waals surface area contributed by atoms with Gasteiger partial charge in [-0.25, -0.2) is 9.37 Å². The number of hydrogen-bond acceptors (Lipinski definition) is 7. The van der Waals surface area contributed by atoms with E-state index >= 15 is 4.39 Å². The van der Waals surface area contributed by atoms with E-state index < -0.39 is 34.4 Å². The number of hydrogen-bond donors (Lipinski definition) is 2. The van der Waals surface area contributed by atoms with Crippen LogP contribution < -0.4 is 11.2 Å². The van der Waals surface area contributed by atoms with E-state index in [-0.39, 0.29) is 22.2 Å². The van der Waals surface area contributed by atoms with Gasteiger partial charge in [0.1, 0.15) is 23.5 Å². The highest BCUT2D eigenvalue weighted by molar-refractivity contribution is 6.05. The molecule has 224 valence electrons. The number of carbonyl (C=O) groups is 2. The van der Waals surface area contributed by atoms with E-state index in [2.05, 4.69) is 15.3 Å². The molecule has 14 heteroatoms. The van der Waals surface area contributed by atoms with Crippen molar-refractivity contribution in [3.05, 3.63) is 82.8 Å². The minimum absolute atomic E-state index is 0.0400. The largest absolute Gasteiger partial charge is 0.416 e. The standard InChI is InChI=1S/C29H27F4N7O3/c1-28(15-43-16-28)27(42)39-9-2-3-18(14-39)24-22-13-35-8-10-40(22,34)25(38-24)17-4-5-20(21(30)11-17)26(41)37-23-12-19(6-7-36-23)29(31,32)33/h4-8,10-13,18H,2-3,9,14-16,34H2,1H3/p+1/t18-,40?/m1/s1. The number of nitrogens with zero attached hydrogens (tertiary/aromatic N) is 5. The lowest BCUT2D eigenvalue weighted by Crippen LogP contribution is -2.55. The Morgan fingerprint density at radius 3 is 2.70 bits per heavy atom. The van der Waals surface area contributed by atoms with Gasteiger partial charge in [0, 0.05) is 25.2 Å². The molecule has 2 fully saturated rings. The Labute approximate surface area is 243 Å². The molecule has 4 aliphatic rings. The van der Waals surface area contributed by atoms with Gasteiger partial charge in [-0.15, -0.1) is 4.59 Å². The van der Waals surface area contributed by atoms with Gasteiger partial charge in [0.25, 0.3) is 11.7 Å². The number of amidine groups is 1. The number of piperidine rings is 1. The molecule has 0 radical (unpaired) electrons. The Kier molecular flexibility index (Phi) is 7.02. The summed E-state index contributed by atoms with van der Waals surface area (Å²) in [5.41, 5.74) is -0.397. The second-order valence-electron chi connectivity index (χ2n) is 11.3. The number of rotatable bonds is 5. The van der Waals surface area contributed by atoms with Gasteiger partial charge in [-0.2, -0.15) is 24.0 Å². The van der Waals surface area contributed by atoms with Gasteiger partial charge in [0.05, 0.1) is 47.7 Å². The zero-order chi connectivity index (χ0) is 30.6. The first-order chi connectivity index (χ1) is 20.4. The first-order valence-corrected chi connectivity index (χ1v) is 13.6. The summed E-state index contributed by atoms with van der Waals surface area (Å²) in [4.78, 5) is 40.6. The molecule has 4 aliphatic heterocycles. The van der Waals surface area contributed by atoms with Crippen LogP contribution in [0.2, 0.25) is 0 Å². The molecule has 5 heterocycles. The lowest BCUT2D eigenvalue weighted by Gasteiger charge is -2.42. The fourth-order valence-electron chi connectivity index (χ4n) is 5.70. The molecular formula is C29H28F4N7O3+. The Balaban J connectivity index is 1.26. The predicted molar refractivity (Wildman–Crippen MR) is 147 cm³/mol. The predicted octanol–water partition coefficient (Wildman–Crippen LogP) is 3.98. The van der Waals surface area contributed by atoms with E-state index in [1.807, 2.05) is 11.8 Å². The molecule has 2 aromatic rings. The van der Waals surface area contributed by atoms with Crippen LogP contribution in [0.1, 0.15) is 41.3 Å². The van der Waals surface area contributed by atoms with Crippen molar-refractivity contribution in [3.63, 3.8) is 0 Å². The van der Waals surface area contributed by atoms with Crippen LogP contribution >= 0.6 is 0 Å². The number of anilines is 1. The van der Waals surface area contributed by atoms with Crippen LogP contribution in [0, 0.1) is 17.2 Å². The van der Waals surface area contributed by atoms with Crippen molar-refractivity contribution in [2.45, 2.75) is 25.9 Å². The first-order valence-electron chi connectivity index (χ1n) is 13.6. The Morgan fingerprint density at radius 2 is 2.00 bits per heavy atom. The number of aromatic nitrogens is 1. The fraction of sp³-hybridized carbons (Fsp3) is 0.345. The molecule has 1 aromatic carbocycles. The van der Waals surface area contributed by atoms with Crippen LogP contribution in [0.15, 0.2) is 70.3 Å². The topological polar surface area (TPSA) is 122 Å². The fourth-order valence-corrected chi connectivity index (χ4v) is 5.70. The molecule has 2 amide bonds. The number of likely N-dealkylation sites (tertiary alicyclic amines) is 1. The van der Waals surface area contributed by atoms with Gasteiger partial charge >= 0.3 is 6.18 Å². The summed E-state index contributed by atoms with van der Waals surface area (Å²) in [6.45, 7) is 3.74. The van der Waals surface area contributed by atoms with E-state index in [1.54, 1.807) is 12.4 Å². The van der Waals surface area contributed by atoms with Crippen molar-refractivity contribution in [1.29, 1.82) is 0 Å². The highest BCUT2D eigenvalue weighted by Gasteiger charge is 2.48. The van der Waals surface area contributed by atoms with Gasteiger partial charge < -0.3 is 15.0 Å². The number of nitrogens with two attached hydrogens (primary N) is 1. The molecule has 0 spiro atoms. The van der Waals surface area contributed by atoms with Crippen molar-refractivity contribution in [2.24, 2.45) is 27.2 Å². The summed E-state index contributed by atoms with van der Waals surface area (Å²) in [5, 5.41) is 2.21. The van der Waals surface area contributed by atoms with Gasteiger partial charge in [-0.3, -0.25) is 14.6 Å². The summed E-state index contributed by atoms with van der Waals surface area (Å²) in [5.74, 6) is 4.74. The molecule has 0 aliphatic carbocycles. The third kappa shape index (κ3) is 5.15. The number of pyridine rings is 1. The van der Waals surface area contributed by atoms with Crippen LogP contribution in [-0.4, -0.2) is 64.6 Å². The van der Waals surface area contributed by atoms with Crippen molar-refractivity contribution in [1.82, 2.24) is 9.88 Å². The van der Waals surface area contributed by atoms with Crippen LogP contribution in [0.25, 0.3) is 0 Å². The SMILES string of the molecule is CC1(C(=O)N2CCC[C@@H](C3=C4C=NC=C[N+]4(N)C(c4ccc(C(=O)Nc5cc(C(F)(F)F)ccn5)c(F)c4)=N3)C2)COC1. The maximum absolute atomic E-state index is 15.3. The average Bonchev–Trinajstić information content (AvgIpc) is 3.28. The molecule has 2 saturated heterocycles. The number of benzene rings is 1. The lowest BCUT2D eigenvalue weighted by atomic mass is 9.85. The van der Waals surface area contributed by atoms with E-state index in [0.29, 0.717) is 55.2 Å². The molecular weight excluding hydrogens is 570 g/mol. The maximum atomic E-state index is 15.3. The number of aliphatic imine (C=N–C) groups is 2. The lowest BCUT2D eigenvalue weighted by molar-refractivity contribution is -0.750. The molecule has 0 saturated carbocycles. The second kappa shape index (κ2) is 10.5. The van der Waals surface area contributed by atoms with Crippen molar-refractivity contribution >= 4 is 29.7 Å². The number of alkyl halides is 3.